The van der Waals surface area contributed by atoms with Gasteiger partial charge in [0.1, 0.15) is 0 Å². The van der Waals surface area contributed by atoms with Gasteiger partial charge in [-0.05, 0) is 47.2 Å². The molecule has 0 bridgehead atoms. The van der Waals surface area contributed by atoms with Crippen LogP contribution in [0.4, 0.5) is 0 Å². The molecule has 3 aromatic rings. The van der Waals surface area contributed by atoms with E-state index in [2.05, 4.69) is 97.3 Å². The third-order valence-electron chi connectivity index (χ3n) is 6.62. The Bertz CT molecular complexity index is 883. The van der Waals surface area contributed by atoms with Crippen LogP contribution < -0.4 is 10.6 Å². The van der Waals surface area contributed by atoms with Crippen molar-refractivity contribution in [2.24, 2.45) is 0 Å². The molecule has 2 nitrogen and oxygen atoms in total. The van der Waals surface area contributed by atoms with Crippen LogP contribution in [0.1, 0.15) is 59.1 Å². The predicted molar refractivity (Wildman–Crippen MR) is 116 cm³/mol. The van der Waals surface area contributed by atoms with Gasteiger partial charge in [-0.25, -0.2) is 0 Å². The number of fused-ring (bicyclic) bond motifs is 2. The van der Waals surface area contributed by atoms with Gasteiger partial charge in [-0.2, -0.15) is 0 Å². The van der Waals surface area contributed by atoms with E-state index in [1.165, 1.54) is 33.4 Å². The summed E-state index contributed by atoms with van der Waals surface area (Å²) >= 11 is 0. The van der Waals surface area contributed by atoms with Crippen LogP contribution in [0.15, 0.2) is 72.8 Å². The Morgan fingerprint density at radius 1 is 0.607 bits per heavy atom. The van der Waals surface area contributed by atoms with Crippen LogP contribution >= 0.6 is 0 Å². The normalized spacial score (nSPS) is 26.4. The maximum absolute atomic E-state index is 3.74. The van der Waals surface area contributed by atoms with Crippen LogP contribution in [0, 0.1) is 0 Å². The molecule has 28 heavy (non-hydrogen) atoms. The summed E-state index contributed by atoms with van der Waals surface area (Å²) in [7, 11) is 0. The molecule has 0 aliphatic carbocycles. The highest BCUT2D eigenvalue weighted by Gasteiger charge is 2.33. The number of hydrogen-bond donors (Lipinski definition) is 2. The Hall–Kier alpha value is -2.42. The van der Waals surface area contributed by atoms with Crippen molar-refractivity contribution in [3.63, 3.8) is 0 Å². The monoisotopic (exact) mass is 368 g/mol. The number of hydrogen-bond acceptors (Lipinski definition) is 2. The van der Waals surface area contributed by atoms with Gasteiger partial charge in [0.2, 0.25) is 0 Å². The SMILES string of the molecule is CC1NCc2cc3c(cc2C1c1ccccc1)CNC(C)C3c1ccccc1. The van der Waals surface area contributed by atoms with Gasteiger partial charge in [-0.3, -0.25) is 0 Å². The molecule has 0 saturated heterocycles. The molecule has 0 saturated carbocycles. The molecule has 4 atom stereocenters. The maximum Gasteiger partial charge on any atom is 0.0244 e. The highest BCUT2D eigenvalue weighted by molar-refractivity contribution is 5.51. The van der Waals surface area contributed by atoms with Gasteiger partial charge in [0, 0.05) is 37.0 Å². The van der Waals surface area contributed by atoms with E-state index in [-0.39, 0.29) is 0 Å². The fourth-order valence-corrected chi connectivity index (χ4v) is 5.19. The fourth-order valence-electron chi connectivity index (χ4n) is 5.19. The first-order valence-electron chi connectivity index (χ1n) is 10.4. The summed E-state index contributed by atoms with van der Waals surface area (Å²) in [5, 5.41) is 7.49. The number of rotatable bonds is 2. The number of nitrogens with one attached hydrogen (secondary N) is 2. The lowest BCUT2D eigenvalue weighted by Gasteiger charge is -2.38. The van der Waals surface area contributed by atoms with Gasteiger partial charge in [-0.1, -0.05) is 72.8 Å². The average Bonchev–Trinajstić information content (AvgIpc) is 2.74. The van der Waals surface area contributed by atoms with E-state index in [1.807, 2.05) is 0 Å². The Labute approximate surface area is 168 Å². The molecule has 0 amide bonds. The molecule has 5 rings (SSSR count). The Balaban J connectivity index is 1.63. The summed E-state index contributed by atoms with van der Waals surface area (Å²) in [4.78, 5) is 0. The molecule has 3 aromatic carbocycles. The molecule has 0 spiro atoms. The topological polar surface area (TPSA) is 24.1 Å². The molecule has 0 radical (unpaired) electrons. The second kappa shape index (κ2) is 7.20. The second-order valence-corrected chi connectivity index (χ2v) is 8.37. The Morgan fingerprint density at radius 3 is 1.39 bits per heavy atom. The van der Waals surface area contributed by atoms with Gasteiger partial charge in [0.25, 0.3) is 0 Å². The molecular weight excluding hydrogens is 340 g/mol. The predicted octanol–water partition coefficient (Wildman–Crippen LogP) is 4.93. The zero-order chi connectivity index (χ0) is 19.1. The first-order valence-corrected chi connectivity index (χ1v) is 10.4. The summed E-state index contributed by atoms with van der Waals surface area (Å²) in [6, 6.07) is 27.8. The van der Waals surface area contributed by atoms with Crippen LogP contribution in [0.5, 0.6) is 0 Å². The van der Waals surface area contributed by atoms with Crippen LogP contribution in [-0.4, -0.2) is 12.1 Å². The zero-order valence-corrected chi connectivity index (χ0v) is 16.7. The molecule has 2 heterocycles. The number of benzene rings is 3. The van der Waals surface area contributed by atoms with Gasteiger partial charge in [-0.15, -0.1) is 0 Å². The van der Waals surface area contributed by atoms with Crippen molar-refractivity contribution < 1.29 is 0 Å². The minimum absolute atomic E-state index is 0.407. The largest absolute Gasteiger partial charge is 0.309 e. The minimum Gasteiger partial charge on any atom is -0.309 e. The third kappa shape index (κ3) is 2.97. The molecule has 142 valence electrons. The quantitative estimate of drug-likeness (QED) is 0.670. The van der Waals surface area contributed by atoms with Gasteiger partial charge in [0.05, 0.1) is 0 Å². The molecular formula is C26H28N2. The smallest absolute Gasteiger partial charge is 0.0244 e. The minimum atomic E-state index is 0.407. The summed E-state index contributed by atoms with van der Waals surface area (Å²) in [5.41, 5.74) is 8.72. The van der Waals surface area contributed by atoms with E-state index >= 15 is 0 Å². The average molecular weight is 369 g/mol. The van der Waals surface area contributed by atoms with Crippen molar-refractivity contribution in [1.82, 2.24) is 10.6 Å². The van der Waals surface area contributed by atoms with Crippen LogP contribution in [0.2, 0.25) is 0 Å². The second-order valence-electron chi connectivity index (χ2n) is 8.37. The molecule has 2 heteroatoms. The van der Waals surface area contributed by atoms with Crippen LogP contribution in [-0.2, 0) is 13.1 Å². The lowest BCUT2D eigenvalue weighted by atomic mass is 9.75. The van der Waals surface area contributed by atoms with Gasteiger partial charge in [0.15, 0.2) is 0 Å². The maximum atomic E-state index is 3.74. The summed E-state index contributed by atoms with van der Waals surface area (Å²) < 4.78 is 0. The van der Waals surface area contributed by atoms with E-state index in [0.29, 0.717) is 23.9 Å². The van der Waals surface area contributed by atoms with Crippen molar-refractivity contribution in [2.75, 3.05) is 0 Å². The summed E-state index contributed by atoms with van der Waals surface area (Å²) in [6.45, 7) is 6.53. The molecule has 0 aromatic heterocycles. The van der Waals surface area contributed by atoms with Crippen molar-refractivity contribution in [1.29, 1.82) is 0 Å². The Morgan fingerprint density at radius 2 is 1.00 bits per heavy atom. The summed E-state index contributed by atoms with van der Waals surface area (Å²) in [5.74, 6) is 0.814. The van der Waals surface area contributed by atoms with Crippen molar-refractivity contribution in [2.45, 2.75) is 50.9 Å². The first kappa shape index (κ1) is 17.7. The molecule has 0 fully saturated rings. The van der Waals surface area contributed by atoms with E-state index in [1.54, 1.807) is 0 Å². The standard InChI is InChI=1S/C26H28N2/c1-17-25(19-9-5-3-6-10-19)23-13-22-16-28-18(2)26(20-11-7-4-8-12-20)24(22)14-21(23)15-27-17/h3-14,17-18,25-28H,15-16H2,1-2H3. The highest BCUT2D eigenvalue weighted by Crippen LogP contribution is 2.40. The van der Waals surface area contributed by atoms with E-state index in [9.17, 15) is 0 Å². The molecule has 2 aliphatic rings. The lowest BCUT2D eigenvalue weighted by Crippen LogP contribution is -2.40. The lowest BCUT2D eigenvalue weighted by molar-refractivity contribution is 0.450. The fraction of sp³-hybridized carbons (Fsp3) is 0.308. The molecule has 2 N–H and O–H groups in total. The van der Waals surface area contributed by atoms with Crippen LogP contribution in [0.3, 0.4) is 0 Å². The van der Waals surface area contributed by atoms with Crippen molar-refractivity contribution >= 4 is 0 Å². The van der Waals surface area contributed by atoms with Crippen molar-refractivity contribution in [3.05, 3.63) is 106 Å². The first-order chi connectivity index (χ1) is 13.7. The Kier molecular flexibility index (Phi) is 4.54. The molecule has 2 aliphatic heterocycles. The zero-order valence-electron chi connectivity index (χ0n) is 16.7. The molecule has 4 unspecified atom stereocenters. The van der Waals surface area contributed by atoms with E-state index < -0.39 is 0 Å². The van der Waals surface area contributed by atoms with E-state index in [0.717, 1.165) is 13.1 Å². The van der Waals surface area contributed by atoms with Crippen molar-refractivity contribution in [3.8, 4) is 0 Å². The van der Waals surface area contributed by atoms with Crippen LogP contribution in [0.25, 0.3) is 0 Å². The third-order valence-corrected chi connectivity index (χ3v) is 6.62. The van der Waals surface area contributed by atoms with E-state index in [4.69, 9.17) is 0 Å². The summed E-state index contributed by atoms with van der Waals surface area (Å²) in [6.07, 6.45) is 0. The highest BCUT2D eigenvalue weighted by atomic mass is 14.9. The van der Waals surface area contributed by atoms with Gasteiger partial charge >= 0.3 is 0 Å². The van der Waals surface area contributed by atoms with Gasteiger partial charge < -0.3 is 10.6 Å².